The molecule has 0 radical (unpaired) electrons. The number of imidazole rings is 1. The van der Waals surface area contributed by atoms with Crippen LogP contribution in [-0.4, -0.2) is 70.1 Å². The summed E-state index contributed by atoms with van der Waals surface area (Å²) in [5, 5.41) is 8.95. The van der Waals surface area contributed by atoms with Gasteiger partial charge in [0.1, 0.15) is 5.82 Å². The van der Waals surface area contributed by atoms with Crippen LogP contribution < -0.4 is 0 Å². The largest absolute Gasteiger partial charge is 0.395 e. The van der Waals surface area contributed by atoms with E-state index in [0.29, 0.717) is 19.4 Å². The number of carbonyl (C=O) groups excluding carboxylic acids is 1. The molecule has 1 fully saturated rings. The van der Waals surface area contributed by atoms with Gasteiger partial charge in [-0.05, 0) is 18.6 Å². The van der Waals surface area contributed by atoms with Gasteiger partial charge in [0.25, 0.3) is 0 Å². The minimum Gasteiger partial charge on any atom is -0.395 e. The number of aromatic nitrogens is 2. The highest BCUT2D eigenvalue weighted by atomic mass is 16.3. The molecule has 0 spiro atoms. The summed E-state index contributed by atoms with van der Waals surface area (Å²) in [5.41, 5.74) is 3.17. The van der Waals surface area contributed by atoms with Gasteiger partial charge in [-0.3, -0.25) is 9.69 Å². The lowest BCUT2D eigenvalue weighted by atomic mass is 10.2. The normalized spacial score (nSPS) is 16.2. The Hall–Kier alpha value is -1.92. The van der Waals surface area contributed by atoms with Crippen molar-refractivity contribution in [1.82, 2.24) is 19.8 Å². The smallest absolute Gasteiger partial charge is 0.223 e. The number of β-amino-alcohol motifs (C(OH)–C–C–N with tert-alkyl or cyclic N) is 1. The summed E-state index contributed by atoms with van der Waals surface area (Å²) in [4.78, 5) is 24.3. The van der Waals surface area contributed by atoms with Gasteiger partial charge in [0.05, 0.1) is 17.6 Å². The fourth-order valence-corrected chi connectivity index (χ4v) is 3.09. The second-order valence-electron chi connectivity index (χ2n) is 6.10. The molecule has 23 heavy (non-hydrogen) atoms. The summed E-state index contributed by atoms with van der Waals surface area (Å²) in [5.74, 6) is 1.06. The summed E-state index contributed by atoms with van der Waals surface area (Å²) in [6.45, 7) is 6.10. The van der Waals surface area contributed by atoms with Gasteiger partial charge in [-0.25, -0.2) is 4.98 Å². The van der Waals surface area contributed by atoms with Crippen molar-refractivity contribution in [2.75, 3.05) is 39.3 Å². The Kier molecular flexibility index (Phi) is 4.93. The Bertz CT molecular complexity index is 674. The van der Waals surface area contributed by atoms with Gasteiger partial charge >= 0.3 is 0 Å². The molecular weight excluding hydrogens is 292 g/mol. The molecule has 1 saturated heterocycles. The second kappa shape index (κ2) is 7.10. The lowest BCUT2D eigenvalue weighted by molar-refractivity contribution is -0.133. The zero-order chi connectivity index (χ0) is 16.2. The third-order valence-corrected chi connectivity index (χ3v) is 4.48. The van der Waals surface area contributed by atoms with E-state index in [4.69, 9.17) is 5.11 Å². The van der Waals surface area contributed by atoms with Gasteiger partial charge in [-0.15, -0.1) is 0 Å². The maximum atomic E-state index is 12.3. The molecule has 0 unspecified atom stereocenters. The predicted octanol–water partition coefficient (Wildman–Crippen LogP) is 0.940. The van der Waals surface area contributed by atoms with Crippen LogP contribution in [0.4, 0.5) is 0 Å². The Morgan fingerprint density at radius 1 is 1.30 bits per heavy atom. The average Bonchev–Trinajstić information content (AvgIpc) is 2.98. The van der Waals surface area contributed by atoms with Gasteiger partial charge in [0.15, 0.2) is 0 Å². The van der Waals surface area contributed by atoms with Crippen LogP contribution in [0.1, 0.15) is 17.8 Å². The topological polar surface area (TPSA) is 72.5 Å². The maximum absolute atomic E-state index is 12.3. The van der Waals surface area contributed by atoms with Crippen molar-refractivity contribution in [1.29, 1.82) is 0 Å². The zero-order valence-electron chi connectivity index (χ0n) is 13.6. The third-order valence-electron chi connectivity index (χ3n) is 4.48. The molecule has 2 aromatic rings. The van der Waals surface area contributed by atoms with Crippen molar-refractivity contribution in [2.24, 2.45) is 0 Å². The quantitative estimate of drug-likeness (QED) is 0.861. The number of piperazine rings is 1. The van der Waals surface area contributed by atoms with Gasteiger partial charge < -0.3 is 15.0 Å². The molecule has 6 nitrogen and oxygen atoms in total. The van der Waals surface area contributed by atoms with Crippen LogP contribution in [0.25, 0.3) is 11.0 Å². The monoisotopic (exact) mass is 316 g/mol. The van der Waals surface area contributed by atoms with Crippen molar-refractivity contribution in [3.63, 3.8) is 0 Å². The first-order valence-corrected chi connectivity index (χ1v) is 8.22. The number of hydrogen-bond acceptors (Lipinski definition) is 4. The first kappa shape index (κ1) is 16.0. The molecule has 1 aromatic carbocycles. The average molecular weight is 316 g/mol. The standard InChI is InChI=1S/C17H24N4O2/c1-13-3-2-4-14-17(13)19-15(18-14)5-6-16(23)21-9-7-20(8-10-21)11-12-22/h2-4,22H,5-12H2,1H3,(H,18,19). The number of benzene rings is 1. The molecule has 124 valence electrons. The van der Waals surface area contributed by atoms with E-state index in [0.717, 1.165) is 48.6 Å². The fourth-order valence-electron chi connectivity index (χ4n) is 3.09. The number of aromatic amines is 1. The Labute approximate surface area is 136 Å². The first-order chi connectivity index (χ1) is 11.2. The van der Waals surface area contributed by atoms with Crippen LogP contribution >= 0.6 is 0 Å². The highest BCUT2D eigenvalue weighted by Crippen LogP contribution is 2.16. The predicted molar refractivity (Wildman–Crippen MR) is 89.3 cm³/mol. The summed E-state index contributed by atoms with van der Waals surface area (Å²) >= 11 is 0. The van der Waals surface area contributed by atoms with E-state index < -0.39 is 0 Å². The summed E-state index contributed by atoms with van der Waals surface area (Å²) in [6.07, 6.45) is 1.13. The number of aliphatic hydroxyl groups excluding tert-OH is 1. The molecule has 1 aromatic heterocycles. The van der Waals surface area contributed by atoms with E-state index in [1.54, 1.807) is 0 Å². The third kappa shape index (κ3) is 3.71. The number of H-pyrrole nitrogens is 1. The van der Waals surface area contributed by atoms with Crippen LogP contribution in [-0.2, 0) is 11.2 Å². The van der Waals surface area contributed by atoms with Crippen molar-refractivity contribution in [3.05, 3.63) is 29.6 Å². The lowest BCUT2D eigenvalue weighted by Crippen LogP contribution is -2.49. The molecule has 6 heteroatoms. The van der Waals surface area contributed by atoms with E-state index in [-0.39, 0.29) is 12.5 Å². The van der Waals surface area contributed by atoms with Crippen molar-refractivity contribution in [3.8, 4) is 0 Å². The number of fused-ring (bicyclic) bond motifs is 1. The van der Waals surface area contributed by atoms with Gasteiger partial charge in [0, 0.05) is 45.6 Å². The first-order valence-electron chi connectivity index (χ1n) is 8.22. The van der Waals surface area contributed by atoms with Gasteiger partial charge in [-0.1, -0.05) is 12.1 Å². The van der Waals surface area contributed by atoms with Crippen molar-refractivity contribution in [2.45, 2.75) is 19.8 Å². The molecule has 0 atom stereocenters. The number of carbonyl (C=O) groups is 1. The number of hydrogen-bond donors (Lipinski definition) is 2. The number of nitrogens with one attached hydrogen (secondary N) is 1. The van der Waals surface area contributed by atoms with E-state index in [1.807, 2.05) is 30.0 Å². The number of rotatable bonds is 5. The number of nitrogens with zero attached hydrogens (tertiary/aromatic N) is 3. The van der Waals surface area contributed by atoms with Crippen LogP contribution in [0.3, 0.4) is 0 Å². The van der Waals surface area contributed by atoms with Crippen LogP contribution in [0.5, 0.6) is 0 Å². The summed E-state index contributed by atoms with van der Waals surface area (Å²) in [7, 11) is 0. The van der Waals surface area contributed by atoms with Gasteiger partial charge in [-0.2, -0.15) is 0 Å². The highest BCUT2D eigenvalue weighted by molar-refractivity contribution is 5.79. The molecule has 0 saturated carbocycles. The molecule has 1 aliphatic rings. The van der Waals surface area contributed by atoms with E-state index in [1.165, 1.54) is 0 Å². The fraction of sp³-hybridized carbons (Fsp3) is 0.529. The minimum atomic E-state index is 0.180. The molecule has 0 bridgehead atoms. The summed E-state index contributed by atoms with van der Waals surface area (Å²) in [6, 6.07) is 6.07. The summed E-state index contributed by atoms with van der Waals surface area (Å²) < 4.78 is 0. The van der Waals surface area contributed by atoms with Crippen LogP contribution in [0.15, 0.2) is 18.2 Å². The molecule has 3 rings (SSSR count). The van der Waals surface area contributed by atoms with Gasteiger partial charge in [0.2, 0.25) is 5.91 Å². The number of aliphatic hydroxyl groups is 1. The Morgan fingerprint density at radius 3 is 2.78 bits per heavy atom. The number of para-hydroxylation sites is 1. The second-order valence-corrected chi connectivity index (χ2v) is 6.10. The molecule has 2 heterocycles. The van der Waals surface area contributed by atoms with E-state index >= 15 is 0 Å². The van der Waals surface area contributed by atoms with Crippen LogP contribution in [0.2, 0.25) is 0 Å². The zero-order valence-corrected chi connectivity index (χ0v) is 13.6. The Morgan fingerprint density at radius 2 is 2.09 bits per heavy atom. The SMILES string of the molecule is Cc1cccc2[nH]c(CCC(=O)N3CCN(CCO)CC3)nc12. The number of aryl methyl sites for hydroxylation is 2. The number of amides is 1. The molecule has 0 aliphatic carbocycles. The van der Waals surface area contributed by atoms with E-state index in [9.17, 15) is 4.79 Å². The van der Waals surface area contributed by atoms with Crippen LogP contribution in [0, 0.1) is 6.92 Å². The van der Waals surface area contributed by atoms with Crippen molar-refractivity contribution >= 4 is 16.9 Å². The Balaban J connectivity index is 1.53. The van der Waals surface area contributed by atoms with E-state index in [2.05, 4.69) is 14.9 Å². The lowest BCUT2D eigenvalue weighted by Gasteiger charge is -2.34. The molecule has 2 N–H and O–H groups in total. The molecular formula is C17H24N4O2. The van der Waals surface area contributed by atoms with Crippen molar-refractivity contribution < 1.29 is 9.90 Å². The highest BCUT2D eigenvalue weighted by Gasteiger charge is 2.20. The molecule has 1 aliphatic heterocycles. The minimum absolute atomic E-state index is 0.180. The maximum Gasteiger partial charge on any atom is 0.223 e. The molecule has 1 amide bonds.